The Balaban J connectivity index is 1.49. The first-order valence-electron chi connectivity index (χ1n) is 7.31. The zero-order valence-corrected chi connectivity index (χ0v) is 14.0. The molecular weight excluding hydrogens is 348 g/mol. The Bertz CT molecular complexity index is 855. The molecule has 0 aliphatic heterocycles. The van der Waals surface area contributed by atoms with E-state index < -0.39 is 0 Å². The van der Waals surface area contributed by atoms with E-state index in [4.69, 9.17) is 8.94 Å². The molecule has 1 N–H and O–H groups in total. The molecule has 0 saturated heterocycles. The second-order valence-corrected chi connectivity index (χ2v) is 5.79. The molecule has 10 heteroatoms. The predicted octanol–water partition coefficient (Wildman–Crippen LogP) is 2.07. The lowest BCUT2D eigenvalue weighted by molar-refractivity contribution is -0.139. The minimum atomic E-state index is -0.382. The van der Waals surface area contributed by atoms with Crippen LogP contribution in [0.3, 0.4) is 0 Å². The van der Waals surface area contributed by atoms with E-state index in [1.165, 1.54) is 24.7 Å². The Labute approximate surface area is 146 Å². The van der Waals surface area contributed by atoms with Crippen molar-refractivity contribution in [2.24, 2.45) is 0 Å². The third-order valence-corrected chi connectivity index (χ3v) is 3.93. The number of aromatic nitrogens is 3. The molecule has 130 valence electrons. The number of amides is 1. The van der Waals surface area contributed by atoms with Crippen LogP contribution >= 0.6 is 11.3 Å². The maximum absolute atomic E-state index is 12.0. The van der Waals surface area contributed by atoms with Gasteiger partial charge >= 0.3 is 5.97 Å². The van der Waals surface area contributed by atoms with Crippen LogP contribution in [-0.4, -0.2) is 34.1 Å². The van der Waals surface area contributed by atoms with E-state index >= 15 is 0 Å². The van der Waals surface area contributed by atoms with Crippen LogP contribution < -0.4 is 5.32 Å². The number of esters is 1. The summed E-state index contributed by atoms with van der Waals surface area (Å²) >= 11 is 1.24. The Morgan fingerprint density at radius 3 is 3.00 bits per heavy atom. The van der Waals surface area contributed by atoms with E-state index in [0.29, 0.717) is 34.7 Å². The summed E-state index contributed by atoms with van der Waals surface area (Å²) in [7, 11) is 1.31. The first kappa shape index (κ1) is 16.8. The molecule has 3 aromatic heterocycles. The van der Waals surface area contributed by atoms with Crippen LogP contribution in [0.4, 0.5) is 5.13 Å². The van der Waals surface area contributed by atoms with Gasteiger partial charge in [-0.05, 0) is 12.1 Å². The van der Waals surface area contributed by atoms with Gasteiger partial charge in [0.1, 0.15) is 0 Å². The van der Waals surface area contributed by atoms with Crippen LogP contribution in [0.1, 0.15) is 18.0 Å². The van der Waals surface area contributed by atoms with Crippen molar-refractivity contribution in [1.82, 2.24) is 15.1 Å². The fraction of sp³-hybridized carbons (Fsp3) is 0.267. The lowest BCUT2D eigenvalue weighted by Gasteiger charge is -1.99. The van der Waals surface area contributed by atoms with Gasteiger partial charge in [0.2, 0.25) is 17.6 Å². The molecule has 0 fully saturated rings. The van der Waals surface area contributed by atoms with Crippen LogP contribution in [0.5, 0.6) is 0 Å². The molecule has 0 radical (unpaired) electrons. The van der Waals surface area contributed by atoms with E-state index in [-0.39, 0.29) is 24.7 Å². The molecule has 3 rings (SSSR count). The number of ether oxygens (including phenoxy) is 1. The Kier molecular flexibility index (Phi) is 5.19. The van der Waals surface area contributed by atoms with Crippen molar-refractivity contribution in [1.29, 1.82) is 0 Å². The lowest BCUT2D eigenvalue weighted by atomic mass is 10.3. The average molecular weight is 362 g/mol. The van der Waals surface area contributed by atoms with Crippen molar-refractivity contribution >= 4 is 28.3 Å². The van der Waals surface area contributed by atoms with Crippen molar-refractivity contribution in [2.45, 2.75) is 19.3 Å². The topological polar surface area (TPSA) is 120 Å². The highest BCUT2D eigenvalue weighted by molar-refractivity contribution is 7.13. The van der Waals surface area contributed by atoms with E-state index in [0.717, 1.165) is 0 Å². The van der Waals surface area contributed by atoms with Gasteiger partial charge in [-0.25, -0.2) is 4.98 Å². The lowest BCUT2D eigenvalue weighted by Crippen LogP contribution is -2.12. The summed E-state index contributed by atoms with van der Waals surface area (Å²) in [5.74, 6) is 0.559. The third-order valence-electron chi connectivity index (χ3n) is 3.13. The second kappa shape index (κ2) is 7.71. The zero-order valence-electron chi connectivity index (χ0n) is 13.2. The van der Waals surface area contributed by atoms with E-state index in [1.807, 2.05) is 0 Å². The first-order valence-corrected chi connectivity index (χ1v) is 8.19. The van der Waals surface area contributed by atoms with Crippen LogP contribution in [0, 0.1) is 0 Å². The molecule has 0 spiro atoms. The van der Waals surface area contributed by atoms with Gasteiger partial charge in [0.05, 0.1) is 25.5 Å². The number of carbonyl (C=O) groups is 2. The third kappa shape index (κ3) is 4.51. The number of rotatable bonds is 7. The van der Waals surface area contributed by atoms with Crippen LogP contribution in [0.2, 0.25) is 0 Å². The predicted molar refractivity (Wildman–Crippen MR) is 86.8 cm³/mol. The number of methoxy groups -OCH3 is 1. The number of nitrogens with one attached hydrogen (secondary N) is 1. The number of furan rings is 1. The van der Waals surface area contributed by atoms with Gasteiger partial charge < -0.3 is 19.0 Å². The van der Waals surface area contributed by atoms with Crippen molar-refractivity contribution < 1.29 is 23.3 Å². The number of aryl methyl sites for hydroxylation is 1. The summed E-state index contributed by atoms with van der Waals surface area (Å²) in [4.78, 5) is 31.5. The quantitative estimate of drug-likeness (QED) is 0.634. The number of nitrogens with zero attached hydrogens (tertiary/aromatic N) is 3. The SMILES string of the molecule is COC(=O)Cc1csc(NC(=O)CCc2nc(-c3ccco3)no2)n1. The minimum Gasteiger partial charge on any atom is -0.469 e. The standard InChI is InChI=1S/C15H14N4O5S/c1-22-13(21)7-9-8-25-15(16-9)17-11(20)4-5-12-18-14(19-24-12)10-3-2-6-23-10/h2-3,6,8H,4-5,7H2,1H3,(H,16,17,20). The molecule has 0 saturated carbocycles. The Morgan fingerprint density at radius 1 is 1.36 bits per heavy atom. The molecule has 0 aromatic carbocycles. The molecular formula is C15H14N4O5S. The monoisotopic (exact) mass is 362 g/mol. The summed E-state index contributed by atoms with van der Waals surface area (Å²) in [6.45, 7) is 0. The second-order valence-electron chi connectivity index (χ2n) is 4.93. The highest BCUT2D eigenvalue weighted by Gasteiger charge is 2.14. The fourth-order valence-electron chi connectivity index (χ4n) is 1.93. The molecule has 0 aliphatic rings. The first-order chi connectivity index (χ1) is 12.1. The van der Waals surface area contributed by atoms with Crippen LogP contribution in [-0.2, 0) is 27.2 Å². The number of anilines is 1. The molecule has 0 aliphatic carbocycles. The molecule has 9 nitrogen and oxygen atoms in total. The van der Waals surface area contributed by atoms with Crippen molar-refractivity contribution in [2.75, 3.05) is 12.4 Å². The smallest absolute Gasteiger partial charge is 0.311 e. The molecule has 3 aromatic rings. The van der Waals surface area contributed by atoms with Gasteiger partial charge in [-0.1, -0.05) is 5.16 Å². The van der Waals surface area contributed by atoms with Gasteiger partial charge in [0.15, 0.2) is 10.9 Å². The number of hydrogen-bond acceptors (Lipinski definition) is 9. The highest BCUT2D eigenvalue weighted by atomic mass is 32.1. The summed E-state index contributed by atoms with van der Waals surface area (Å²) < 4.78 is 14.8. The fourth-order valence-corrected chi connectivity index (χ4v) is 2.66. The van der Waals surface area contributed by atoms with Crippen molar-refractivity contribution in [3.05, 3.63) is 35.4 Å². The van der Waals surface area contributed by atoms with Gasteiger partial charge in [0.25, 0.3) is 0 Å². The normalized spacial score (nSPS) is 10.6. The van der Waals surface area contributed by atoms with E-state index in [2.05, 4.69) is 25.2 Å². The zero-order chi connectivity index (χ0) is 17.6. The van der Waals surface area contributed by atoms with Crippen molar-refractivity contribution in [3.63, 3.8) is 0 Å². The Hall–Kier alpha value is -3.01. The van der Waals surface area contributed by atoms with Crippen molar-refractivity contribution in [3.8, 4) is 11.6 Å². The van der Waals surface area contributed by atoms with Gasteiger partial charge in [-0.2, -0.15) is 4.98 Å². The number of carbonyl (C=O) groups excluding carboxylic acids is 2. The molecule has 0 unspecified atom stereocenters. The minimum absolute atomic E-state index is 0.0699. The van der Waals surface area contributed by atoms with Gasteiger partial charge in [-0.3, -0.25) is 9.59 Å². The average Bonchev–Trinajstić information content (AvgIpc) is 3.34. The summed E-state index contributed by atoms with van der Waals surface area (Å²) in [6, 6.07) is 3.44. The molecule has 3 heterocycles. The molecule has 0 atom stereocenters. The van der Waals surface area contributed by atoms with E-state index in [1.54, 1.807) is 17.5 Å². The highest BCUT2D eigenvalue weighted by Crippen LogP contribution is 2.18. The van der Waals surface area contributed by atoms with Gasteiger partial charge in [-0.15, -0.1) is 11.3 Å². The largest absolute Gasteiger partial charge is 0.469 e. The molecule has 0 bridgehead atoms. The number of thiazole rings is 1. The summed E-state index contributed by atoms with van der Waals surface area (Å²) in [5, 5.41) is 8.58. The molecule has 25 heavy (non-hydrogen) atoms. The van der Waals surface area contributed by atoms with Crippen LogP contribution in [0.25, 0.3) is 11.6 Å². The number of hydrogen-bond donors (Lipinski definition) is 1. The van der Waals surface area contributed by atoms with Gasteiger partial charge in [0, 0.05) is 18.2 Å². The summed E-state index contributed by atoms with van der Waals surface area (Å²) in [5.41, 5.74) is 0.548. The molecule has 1 amide bonds. The summed E-state index contributed by atoms with van der Waals surface area (Å²) in [6.07, 6.45) is 2.04. The maximum atomic E-state index is 12.0. The van der Waals surface area contributed by atoms with Crippen LogP contribution in [0.15, 0.2) is 32.7 Å². The maximum Gasteiger partial charge on any atom is 0.311 e. The Morgan fingerprint density at radius 2 is 2.24 bits per heavy atom. The van der Waals surface area contributed by atoms with E-state index in [9.17, 15) is 9.59 Å².